The Bertz CT molecular complexity index is 926. The Morgan fingerprint density at radius 2 is 1.82 bits per heavy atom. The molecule has 0 saturated carbocycles. The molecule has 0 bridgehead atoms. The lowest BCUT2D eigenvalue weighted by atomic mass is 10.2. The highest BCUT2D eigenvalue weighted by Gasteiger charge is 2.14. The van der Waals surface area contributed by atoms with Crippen LogP contribution in [0, 0.1) is 0 Å². The monoisotopic (exact) mass is 415 g/mol. The number of ether oxygens (including phenoxy) is 1. The Morgan fingerprint density at radius 3 is 2.57 bits per heavy atom. The molecule has 3 aromatic rings. The van der Waals surface area contributed by atoms with Gasteiger partial charge in [-0.15, -0.1) is 11.8 Å². The summed E-state index contributed by atoms with van der Waals surface area (Å²) in [5.41, 5.74) is 1.28. The van der Waals surface area contributed by atoms with Crippen LogP contribution >= 0.6 is 23.4 Å². The molecule has 0 atom stereocenters. The van der Waals surface area contributed by atoms with Gasteiger partial charge in [0.05, 0.1) is 24.1 Å². The minimum atomic E-state index is -0.436. The lowest BCUT2D eigenvalue weighted by molar-refractivity contribution is -0.118. The van der Waals surface area contributed by atoms with Crippen molar-refractivity contribution in [3.63, 3.8) is 0 Å². The van der Waals surface area contributed by atoms with Crippen molar-refractivity contribution in [1.82, 2.24) is 5.32 Å². The number of furan rings is 1. The molecule has 1 aromatic heterocycles. The third-order valence-corrected chi connectivity index (χ3v) is 5.11. The zero-order valence-electron chi connectivity index (χ0n) is 14.9. The molecule has 0 aliphatic carbocycles. The van der Waals surface area contributed by atoms with E-state index in [2.05, 4.69) is 5.32 Å². The quantitative estimate of drug-likeness (QED) is 0.426. The average molecular weight is 416 g/mol. The summed E-state index contributed by atoms with van der Waals surface area (Å²) in [5, 5.41) is 3.40. The lowest BCUT2D eigenvalue weighted by Gasteiger charge is -2.10. The highest BCUT2D eigenvalue weighted by Crippen LogP contribution is 2.23. The van der Waals surface area contributed by atoms with Crippen LogP contribution in [-0.2, 0) is 22.7 Å². The maximum atomic E-state index is 12.5. The second-order valence-corrected chi connectivity index (χ2v) is 7.30. The van der Waals surface area contributed by atoms with Crippen molar-refractivity contribution in [1.29, 1.82) is 0 Å². The molecule has 0 aliphatic rings. The number of rotatable bonds is 8. The van der Waals surface area contributed by atoms with Gasteiger partial charge in [-0.2, -0.15) is 0 Å². The molecular formula is C21H18ClNO4S. The fourth-order valence-corrected chi connectivity index (χ4v) is 3.36. The van der Waals surface area contributed by atoms with E-state index in [1.165, 1.54) is 11.8 Å². The number of halogens is 1. The normalized spacial score (nSPS) is 10.5. The maximum absolute atomic E-state index is 12.5. The highest BCUT2D eigenvalue weighted by atomic mass is 35.5. The molecule has 7 heteroatoms. The van der Waals surface area contributed by atoms with Crippen molar-refractivity contribution in [2.75, 3.05) is 5.75 Å². The Morgan fingerprint density at radius 1 is 1.04 bits per heavy atom. The van der Waals surface area contributed by atoms with Crippen LogP contribution in [0.2, 0.25) is 5.02 Å². The van der Waals surface area contributed by atoms with E-state index in [9.17, 15) is 9.59 Å². The predicted molar refractivity (Wildman–Crippen MR) is 108 cm³/mol. The molecule has 1 amide bonds. The van der Waals surface area contributed by atoms with Crippen LogP contribution in [0.1, 0.15) is 21.7 Å². The van der Waals surface area contributed by atoms with Gasteiger partial charge in [0.15, 0.2) is 0 Å². The lowest BCUT2D eigenvalue weighted by Crippen LogP contribution is -2.24. The largest absolute Gasteiger partial charge is 0.467 e. The zero-order chi connectivity index (χ0) is 19.8. The number of nitrogens with one attached hydrogen (secondary N) is 1. The molecule has 5 nitrogen and oxygen atoms in total. The number of thioether (sulfide) groups is 1. The van der Waals surface area contributed by atoms with Crippen LogP contribution in [0.25, 0.3) is 0 Å². The summed E-state index contributed by atoms with van der Waals surface area (Å²) >= 11 is 7.14. The van der Waals surface area contributed by atoms with Gasteiger partial charge in [-0.3, -0.25) is 4.79 Å². The summed E-state index contributed by atoms with van der Waals surface area (Å²) in [7, 11) is 0. The van der Waals surface area contributed by atoms with Gasteiger partial charge in [0.1, 0.15) is 12.4 Å². The fraction of sp³-hybridized carbons (Fsp3) is 0.143. The molecule has 144 valence electrons. The SMILES string of the molecule is O=C(CSc1ccccc1C(=O)OCc1ccc(Cl)cc1)NCc1ccco1. The molecule has 3 rings (SSSR count). The van der Waals surface area contributed by atoms with Gasteiger partial charge in [0.2, 0.25) is 5.91 Å². The van der Waals surface area contributed by atoms with Gasteiger partial charge in [-0.05, 0) is 42.0 Å². The third-order valence-electron chi connectivity index (χ3n) is 3.79. The first-order valence-electron chi connectivity index (χ1n) is 8.54. The van der Waals surface area contributed by atoms with Crippen molar-refractivity contribution in [3.8, 4) is 0 Å². The minimum absolute atomic E-state index is 0.147. The standard InChI is InChI=1S/C21H18ClNO4S/c22-16-9-7-15(8-10-16)13-27-21(25)18-5-1-2-6-19(18)28-14-20(24)23-12-17-4-3-11-26-17/h1-11H,12-14H2,(H,23,24). The van der Waals surface area contributed by atoms with Crippen molar-refractivity contribution < 1.29 is 18.7 Å². The first-order chi connectivity index (χ1) is 13.6. The molecule has 0 unspecified atom stereocenters. The third kappa shape index (κ3) is 5.90. The number of esters is 1. The van der Waals surface area contributed by atoms with Gasteiger partial charge >= 0.3 is 5.97 Å². The second kappa shape index (κ2) is 10.0. The van der Waals surface area contributed by atoms with E-state index < -0.39 is 5.97 Å². The van der Waals surface area contributed by atoms with E-state index in [0.717, 1.165) is 5.56 Å². The van der Waals surface area contributed by atoms with Crippen LogP contribution in [0.15, 0.2) is 76.2 Å². The van der Waals surface area contributed by atoms with E-state index in [1.54, 1.807) is 60.9 Å². The molecule has 0 saturated heterocycles. The molecule has 0 fully saturated rings. The predicted octanol–water partition coefficient (Wildman–Crippen LogP) is 4.70. The maximum Gasteiger partial charge on any atom is 0.339 e. The average Bonchev–Trinajstić information content (AvgIpc) is 3.24. The molecular weight excluding hydrogens is 398 g/mol. The van der Waals surface area contributed by atoms with Crippen LogP contribution < -0.4 is 5.32 Å². The van der Waals surface area contributed by atoms with Gasteiger partial charge < -0.3 is 14.5 Å². The Hall–Kier alpha value is -2.70. The van der Waals surface area contributed by atoms with E-state index in [0.29, 0.717) is 27.8 Å². The van der Waals surface area contributed by atoms with Gasteiger partial charge in [0.25, 0.3) is 0 Å². The summed E-state index contributed by atoms with van der Waals surface area (Å²) in [6.07, 6.45) is 1.56. The highest BCUT2D eigenvalue weighted by molar-refractivity contribution is 8.00. The Balaban J connectivity index is 1.53. The van der Waals surface area contributed by atoms with Crippen molar-refractivity contribution in [2.24, 2.45) is 0 Å². The van der Waals surface area contributed by atoms with E-state index >= 15 is 0 Å². The summed E-state index contributed by atoms with van der Waals surface area (Å²) in [6.45, 7) is 0.482. The summed E-state index contributed by atoms with van der Waals surface area (Å²) in [4.78, 5) is 25.2. The van der Waals surface area contributed by atoms with Crippen LogP contribution in [0.3, 0.4) is 0 Å². The summed E-state index contributed by atoms with van der Waals surface area (Å²) < 4.78 is 10.6. The summed E-state index contributed by atoms with van der Waals surface area (Å²) in [5.74, 6) is 0.284. The molecule has 2 aromatic carbocycles. The second-order valence-electron chi connectivity index (χ2n) is 5.84. The van der Waals surface area contributed by atoms with E-state index in [-0.39, 0.29) is 18.3 Å². The minimum Gasteiger partial charge on any atom is -0.467 e. The molecule has 1 N–H and O–H groups in total. The number of carbonyl (C=O) groups excluding carboxylic acids is 2. The fourth-order valence-electron chi connectivity index (χ4n) is 2.36. The Kier molecular flexibility index (Phi) is 7.17. The first-order valence-corrected chi connectivity index (χ1v) is 9.90. The topological polar surface area (TPSA) is 68.5 Å². The molecule has 1 heterocycles. The smallest absolute Gasteiger partial charge is 0.339 e. The molecule has 0 spiro atoms. The molecule has 0 aliphatic heterocycles. The van der Waals surface area contributed by atoms with Crippen molar-refractivity contribution >= 4 is 35.2 Å². The number of hydrogen-bond donors (Lipinski definition) is 1. The number of hydrogen-bond acceptors (Lipinski definition) is 5. The Labute approximate surface area is 172 Å². The van der Waals surface area contributed by atoms with E-state index in [4.69, 9.17) is 20.8 Å². The van der Waals surface area contributed by atoms with E-state index in [1.807, 2.05) is 6.07 Å². The number of benzene rings is 2. The van der Waals surface area contributed by atoms with Gasteiger partial charge in [-0.25, -0.2) is 4.79 Å². The van der Waals surface area contributed by atoms with Gasteiger partial charge in [-0.1, -0.05) is 35.9 Å². The molecule has 28 heavy (non-hydrogen) atoms. The van der Waals surface area contributed by atoms with Crippen LogP contribution in [-0.4, -0.2) is 17.6 Å². The van der Waals surface area contributed by atoms with Crippen LogP contribution in [0.4, 0.5) is 0 Å². The van der Waals surface area contributed by atoms with Crippen molar-refractivity contribution in [3.05, 3.63) is 88.8 Å². The van der Waals surface area contributed by atoms with Crippen LogP contribution in [0.5, 0.6) is 0 Å². The first kappa shape index (κ1) is 20.0. The zero-order valence-corrected chi connectivity index (χ0v) is 16.5. The molecule has 0 radical (unpaired) electrons. The summed E-state index contributed by atoms with van der Waals surface area (Å²) in [6, 6.07) is 17.7. The number of amides is 1. The van der Waals surface area contributed by atoms with Crippen molar-refractivity contribution in [2.45, 2.75) is 18.0 Å². The van der Waals surface area contributed by atoms with Gasteiger partial charge in [0, 0.05) is 9.92 Å². The number of carbonyl (C=O) groups is 2.